The van der Waals surface area contributed by atoms with Crippen LogP contribution in [0.4, 0.5) is 0 Å². The Balaban J connectivity index is 1.79. The monoisotopic (exact) mass is 273 g/mol. The number of rotatable bonds is 5. The van der Waals surface area contributed by atoms with Crippen molar-refractivity contribution in [2.24, 2.45) is 5.73 Å². The van der Waals surface area contributed by atoms with Crippen molar-refractivity contribution in [2.45, 2.75) is 32.2 Å². The molecule has 5 heteroatoms. The molecule has 0 aliphatic carbocycles. The highest BCUT2D eigenvalue weighted by Gasteiger charge is 2.15. The lowest BCUT2D eigenvalue weighted by molar-refractivity contribution is 0.174. The molecule has 1 aliphatic heterocycles. The zero-order valence-corrected chi connectivity index (χ0v) is 11.6. The summed E-state index contributed by atoms with van der Waals surface area (Å²) in [5.41, 5.74) is 8.10. The van der Waals surface area contributed by atoms with E-state index in [4.69, 9.17) is 15.2 Å². The van der Waals surface area contributed by atoms with E-state index in [1.165, 1.54) is 0 Å². The molecule has 0 bridgehead atoms. The number of aromatic amines is 1. The van der Waals surface area contributed by atoms with E-state index in [-0.39, 0.29) is 12.8 Å². The van der Waals surface area contributed by atoms with Crippen molar-refractivity contribution in [3.8, 4) is 22.8 Å². The highest BCUT2D eigenvalue weighted by atomic mass is 16.7. The summed E-state index contributed by atoms with van der Waals surface area (Å²) in [5.74, 6) is 2.40. The minimum absolute atomic E-state index is 0.0299. The number of hydrogen-bond acceptors (Lipinski definition) is 4. The van der Waals surface area contributed by atoms with Gasteiger partial charge >= 0.3 is 0 Å². The Labute approximate surface area is 118 Å². The molecule has 0 spiro atoms. The number of ether oxygens (including phenoxy) is 2. The molecule has 1 aliphatic rings. The van der Waals surface area contributed by atoms with Crippen molar-refractivity contribution in [1.82, 2.24) is 9.97 Å². The zero-order chi connectivity index (χ0) is 13.9. The molecule has 0 fully saturated rings. The Morgan fingerprint density at radius 3 is 3.05 bits per heavy atom. The van der Waals surface area contributed by atoms with Gasteiger partial charge in [0, 0.05) is 5.56 Å². The number of nitrogens with one attached hydrogen (secondary N) is 1. The van der Waals surface area contributed by atoms with Crippen molar-refractivity contribution in [3.05, 3.63) is 30.2 Å². The lowest BCUT2D eigenvalue weighted by atomic mass is 10.1. The van der Waals surface area contributed by atoms with E-state index in [0.717, 1.165) is 47.8 Å². The Morgan fingerprint density at radius 2 is 2.20 bits per heavy atom. The first-order chi connectivity index (χ1) is 9.78. The van der Waals surface area contributed by atoms with Crippen molar-refractivity contribution < 1.29 is 9.47 Å². The van der Waals surface area contributed by atoms with Crippen LogP contribution in [0.3, 0.4) is 0 Å². The van der Waals surface area contributed by atoms with Crippen LogP contribution >= 0.6 is 0 Å². The third-order valence-electron chi connectivity index (χ3n) is 3.50. The van der Waals surface area contributed by atoms with Gasteiger partial charge < -0.3 is 20.2 Å². The number of fused-ring (bicyclic) bond motifs is 1. The summed E-state index contributed by atoms with van der Waals surface area (Å²) in [6, 6.07) is 5.83. The van der Waals surface area contributed by atoms with Gasteiger partial charge in [-0.05, 0) is 24.6 Å². The maximum atomic E-state index is 6.12. The molecule has 3 rings (SSSR count). The van der Waals surface area contributed by atoms with Crippen molar-refractivity contribution in [3.63, 3.8) is 0 Å². The molecule has 0 saturated carbocycles. The van der Waals surface area contributed by atoms with E-state index < -0.39 is 0 Å². The predicted molar refractivity (Wildman–Crippen MR) is 76.6 cm³/mol. The second kappa shape index (κ2) is 5.54. The second-order valence-corrected chi connectivity index (χ2v) is 5.00. The molecule has 0 saturated heterocycles. The summed E-state index contributed by atoms with van der Waals surface area (Å²) < 4.78 is 10.7. The molecule has 1 unspecified atom stereocenters. The first-order valence-electron chi connectivity index (χ1n) is 6.98. The van der Waals surface area contributed by atoms with Gasteiger partial charge in [-0.15, -0.1) is 0 Å². The Morgan fingerprint density at radius 1 is 1.35 bits per heavy atom. The van der Waals surface area contributed by atoms with Gasteiger partial charge in [0.1, 0.15) is 5.82 Å². The number of H-pyrrole nitrogens is 1. The predicted octanol–water partition coefficient (Wildman–Crippen LogP) is 3.00. The van der Waals surface area contributed by atoms with Crippen molar-refractivity contribution in [1.29, 1.82) is 0 Å². The van der Waals surface area contributed by atoms with Crippen LogP contribution in [0.15, 0.2) is 24.4 Å². The molecular formula is C15H19N3O2. The fourth-order valence-corrected chi connectivity index (χ4v) is 2.30. The number of hydrogen-bond donors (Lipinski definition) is 2. The van der Waals surface area contributed by atoms with Crippen LogP contribution in [0.25, 0.3) is 11.3 Å². The van der Waals surface area contributed by atoms with Gasteiger partial charge in [-0.2, -0.15) is 0 Å². The maximum Gasteiger partial charge on any atom is 0.231 e. The van der Waals surface area contributed by atoms with Crippen molar-refractivity contribution in [2.75, 3.05) is 6.79 Å². The molecule has 5 nitrogen and oxygen atoms in total. The normalized spacial score (nSPS) is 14.5. The average molecular weight is 273 g/mol. The smallest absolute Gasteiger partial charge is 0.231 e. The summed E-state index contributed by atoms with van der Waals surface area (Å²) >= 11 is 0. The highest BCUT2D eigenvalue weighted by molar-refractivity contribution is 5.64. The van der Waals surface area contributed by atoms with Crippen molar-refractivity contribution >= 4 is 0 Å². The third-order valence-corrected chi connectivity index (χ3v) is 3.50. The van der Waals surface area contributed by atoms with Crippen LogP contribution < -0.4 is 15.2 Å². The lowest BCUT2D eigenvalue weighted by Gasteiger charge is -2.07. The van der Waals surface area contributed by atoms with E-state index in [1.807, 2.05) is 24.4 Å². The zero-order valence-electron chi connectivity index (χ0n) is 11.6. The van der Waals surface area contributed by atoms with Gasteiger partial charge in [-0.1, -0.05) is 19.8 Å². The Bertz CT molecular complexity index is 595. The third kappa shape index (κ3) is 2.49. The molecule has 0 amide bonds. The largest absolute Gasteiger partial charge is 0.454 e. The molecule has 106 valence electrons. The van der Waals surface area contributed by atoms with E-state index in [9.17, 15) is 0 Å². The van der Waals surface area contributed by atoms with Crippen LogP contribution in [0, 0.1) is 0 Å². The molecule has 1 atom stereocenters. The quantitative estimate of drug-likeness (QED) is 0.878. The molecule has 20 heavy (non-hydrogen) atoms. The SMILES string of the molecule is CCCCC(N)c1ncc(-c2ccc3c(c2)OCO3)[nH]1. The van der Waals surface area contributed by atoms with Gasteiger partial charge in [-0.3, -0.25) is 0 Å². The Hall–Kier alpha value is -2.01. The minimum Gasteiger partial charge on any atom is -0.454 e. The first kappa shape index (κ1) is 13.0. The minimum atomic E-state index is -0.0299. The van der Waals surface area contributed by atoms with Gasteiger partial charge in [-0.25, -0.2) is 4.98 Å². The number of nitrogens with two attached hydrogens (primary N) is 1. The van der Waals surface area contributed by atoms with E-state index in [1.54, 1.807) is 0 Å². The molecule has 3 N–H and O–H groups in total. The molecule has 0 radical (unpaired) electrons. The van der Waals surface area contributed by atoms with Gasteiger partial charge in [0.15, 0.2) is 11.5 Å². The van der Waals surface area contributed by atoms with Gasteiger partial charge in [0.25, 0.3) is 0 Å². The first-order valence-corrected chi connectivity index (χ1v) is 6.98. The number of benzene rings is 1. The van der Waals surface area contributed by atoms with Crippen LogP contribution in [0.1, 0.15) is 38.1 Å². The van der Waals surface area contributed by atoms with E-state index >= 15 is 0 Å². The van der Waals surface area contributed by atoms with Crippen LogP contribution in [-0.2, 0) is 0 Å². The molecule has 2 heterocycles. The Kier molecular flexibility index (Phi) is 3.60. The summed E-state index contributed by atoms with van der Waals surface area (Å²) in [5, 5.41) is 0. The number of aromatic nitrogens is 2. The summed E-state index contributed by atoms with van der Waals surface area (Å²) in [4.78, 5) is 7.68. The van der Waals surface area contributed by atoms with E-state index in [0.29, 0.717) is 0 Å². The van der Waals surface area contributed by atoms with Gasteiger partial charge in [0.2, 0.25) is 6.79 Å². The lowest BCUT2D eigenvalue weighted by Crippen LogP contribution is -2.11. The van der Waals surface area contributed by atoms with Gasteiger partial charge in [0.05, 0.1) is 17.9 Å². The molecule has 1 aromatic carbocycles. The summed E-state index contributed by atoms with van der Waals surface area (Å²) in [6.07, 6.45) is 5.02. The topological polar surface area (TPSA) is 73.2 Å². The fourth-order valence-electron chi connectivity index (χ4n) is 2.30. The van der Waals surface area contributed by atoms with Crippen LogP contribution in [-0.4, -0.2) is 16.8 Å². The fraction of sp³-hybridized carbons (Fsp3) is 0.400. The summed E-state index contributed by atoms with van der Waals surface area (Å²) in [7, 11) is 0. The molecule has 2 aromatic rings. The molecule has 1 aromatic heterocycles. The number of nitrogens with zero attached hydrogens (tertiary/aromatic N) is 1. The second-order valence-electron chi connectivity index (χ2n) is 5.00. The maximum absolute atomic E-state index is 6.12. The van der Waals surface area contributed by atoms with Crippen LogP contribution in [0.5, 0.6) is 11.5 Å². The van der Waals surface area contributed by atoms with Crippen LogP contribution in [0.2, 0.25) is 0 Å². The highest BCUT2D eigenvalue weighted by Crippen LogP contribution is 2.35. The number of unbranched alkanes of at least 4 members (excludes halogenated alkanes) is 1. The molecular weight excluding hydrogens is 254 g/mol. The number of imidazole rings is 1. The summed E-state index contributed by atoms with van der Waals surface area (Å²) in [6.45, 7) is 2.45. The van der Waals surface area contributed by atoms with E-state index in [2.05, 4.69) is 16.9 Å². The standard InChI is InChI=1S/C15H19N3O2/c1-2-3-4-11(16)15-17-8-12(18-15)10-5-6-13-14(7-10)20-9-19-13/h5-8,11H,2-4,9,16H2,1H3,(H,17,18). The average Bonchev–Trinajstić information content (AvgIpc) is 3.12.